The molecule has 2 amide bonds. The van der Waals surface area contributed by atoms with E-state index in [1.807, 2.05) is 18.2 Å². The molecular formula is C18H23N3O5. The molecule has 3 rings (SSSR count). The van der Waals surface area contributed by atoms with Gasteiger partial charge in [0.2, 0.25) is 5.91 Å². The predicted octanol–water partition coefficient (Wildman–Crippen LogP) is 2.17. The molecule has 8 nitrogen and oxygen atoms in total. The summed E-state index contributed by atoms with van der Waals surface area (Å²) in [4.78, 5) is 24.8. The molecule has 1 saturated heterocycles. The zero-order chi connectivity index (χ0) is 18.7. The lowest BCUT2D eigenvalue weighted by atomic mass is 10.0. The first-order valence-corrected chi connectivity index (χ1v) is 8.63. The number of piperidine rings is 1. The molecule has 1 aromatic carbocycles. The van der Waals surface area contributed by atoms with E-state index in [0.29, 0.717) is 50.3 Å². The van der Waals surface area contributed by atoms with E-state index in [1.54, 1.807) is 19.2 Å². The molecule has 140 valence electrons. The Kier molecular flexibility index (Phi) is 5.29. The second-order valence-electron chi connectivity index (χ2n) is 6.36. The van der Waals surface area contributed by atoms with Gasteiger partial charge >= 0.3 is 6.09 Å². The van der Waals surface area contributed by atoms with Crippen molar-refractivity contribution >= 4 is 17.7 Å². The van der Waals surface area contributed by atoms with Crippen molar-refractivity contribution < 1.29 is 24.2 Å². The van der Waals surface area contributed by atoms with Gasteiger partial charge < -0.3 is 19.5 Å². The molecule has 0 radical (unpaired) electrons. The number of ether oxygens (including phenoxy) is 2. The maximum absolute atomic E-state index is 12.4. The Labute approximate surface area is 152 Å². The summed E-state index contributed by atoms with van der Waals surface area (Å²) < 4.78 is 10.6. The van der Waals surface area contributed by atoms with E-state index in [0.717, 1.165) is 11.3 Å². The molecule has 0 spiro atoms. The number of hydrogen-bond acceptors (Lipinski definition) is 5. The fourth-order valence-corrected chi connectivity index (χ4v) is 3.38. The van der Waals surface area contributed by atoms with Gasteiger partial charge in [-0.25, -0.2) is 9.80 Å². The van der Waals surface area contributed by atoms with Crippen molar-refractivity contribution in [2.45, 2.75) is 31.7 Å². The average molecular weight is 361 g/mol. The normalized spacial score (nSPS) is 18.5. The molecular weight excluding hydrogens is 338 g/mol. The average Bonchev–Trinajstić information content (AvgIpc) is 2.68. The van der Waals surface area contributed by atoms with Crippen LogP contribution in [0.4, 0.5) is 4.79 Å². The smallest absolute Gasteiger partial charge is 0.407 e. The van der Waals surface area contributed by atoms with E-state index in [-0.39, 0.29) is 11.9 Å². The number of nitrogens with zero attached hydrogens (tertiary/aromatic N) is 3. The first-order chi connectivity index (χ1) is 12.5. The highest BCUT2D eigenvalue weighted by Crippen LogP contribution is 2.30. The largest absolute Gasteiger partial charge is 0.493 e. The van der Waals surface area contributed by atoms with E-state index in [4.69, 9.17) is 14.6 Å². The van der Waals surface area contributed by atoms with Crippen molar-refractivity contribution in [3.63, 3.8) is 0 Å². The molecule has 8 heteroatoms. The fourth-order valence-electron chi connectivity index (χ4n) is 3.38. The van der Waals surface area contributed by atoms with Crippen LogP contribution in [-0.2, 0) is 4.79 Å². The van der Waals surface area contributed by atoms with Crippen LogP contribution in [0.15, 0.2) is 23.3 Å². The van der Waals surface area contributed by atoms with E-state index in [9.17, 15) is 9.59 Å². The molecule has 0 unspecified atom stereocenters. The summed E-state index contributed by atoms with van der Waals surface area (Å²) in [6, 6.07) is 5.52. The predicted molar refractivity (Wildman–Crippen MR) is 94.8 cm³/mol. The summed E-state index contributed by atoms with van der Waals surface area (Å²) in [5, 5.41) is 15.2. The first kappa shape index (κ1) is 18.0. The van der Waals surface area contributed by atoms with Gasteiger partial charge in [0.05, 0.1) is 26.0 Å². The number of carbonyl (C=O) groups excluding carboxylic acids is 1. The Hall–Kier alpha value is -2.77. The second-order valence-corrected chi connectivity index (χ2v) is 6.36. The standard InChI is InChI=1S/C18H23N3O5/c1-25-15-5-3-12(11-16(15)26-2)14-4-6-17(22)21(19-14)13-7-9-20(10-8-13)18(23)24/h3,5,11,13H,4,6-10H2,1-2H3,(H,23,24). The number of benzene rings is 1. The summed E-state index contributed by atoms with van der Waals surface area (Å²) in [7, 11) is 3.16. The summed E-state index contributed by atoms with van der Waals surface area (Å²) in [5.74, 6) is 1.25. The number of rotatable bonds is 4. The second kappa shape index (κ2) is 7.63. The van der Waals surface area contributed by atoms with E-state index in [1.165, 1.54) is 4.90 Å². The van der Waals surface area contributed by atoms with Crippen LogP contribution in [0.1, 0.15) is 31.2 Å². The van der Waals surface area contributed by atoms with Crippen molar-refractivity contribution in [3.8, 4) is 11.5 Å². The molecule has 0 atom stereocenters. The zero-order valence-electron chi connectivity index (χ0n) is 15.0. The Morgan fingerprint density at radius 1 is 1.15 bits per heavy atom. The fraction of sp³-hybridized carbons (Fsp3) is 0.500. The molecule has 2 aliphatic heterocycles. The molecule has 1 aromatic rings. The minimum atomic E-state index is -0.914. The lowest BCUT2D eigenvalue weighted by molar-refractivity contribution is -0.135. The topological polar surface area (TPSA) is 91.7 Å². The number of carbonyl (C=O) groups is 2. The number of carboxylic acid groups (broad SMARTS) is 1. The third kappa shape index (κ3) is 3.58. The molecule has 1 N–H and O–H groups in total. The van der Waals surface area contributed by atoms with Gasteiger partial charge in [0.15, 0.2) is 11.5 Å². The van der Waals surface area contributed by atoms with Crippen molar-refractivity contribution in [2.75, 3.05) is 27.3 Å². The van der Waals surface area contributed by atoms with Crippen molar-refractivity contribution in [3.05, 3.63) is 23.8 Å². The maximum atomic E-state index is 12.4. The highest BCUT2D eigenvalue weighted by molar-refractivity contribution is 6.04. The Balaban J connectivity index is 1.80. The van der Waals surface area contributed by atoms with Crippen molar-refractivity contribution in [1.29, 1.82) is 0 Å². The SMILES string of the molecule is COc1ccc(C2=NN(C3CCN(C(=O)O)CC3)C(=O)CC2)cc1OC. The number of methoxy groups -OCH3 is 2. The zero-order valence-corrected chi connectivity index (χ0v) is 15.0. The van der Waals surface area contributed by atoms with Crippen molar-refractivity contribution in [1.82, 2.24) is 9.91 Å². The number of hydrazone groups is 1. The van der Waals surface area contributed by atoms with Crippen LogP contribution in [0, 0.1) is 0 Å². The first-order valence-electron chi connectivity index (χ1n) is 8.63. The van der Waals surface area contributed by atoms with Crippen LogP contribution in [0.2, 0.25) is 0 Å². The Morgan fingerprint density at radius 3 is 2.46 bits per heavy atom. The monoisotopic (exact) mass is 361 g/mol. The summed E-state index contributed by atoms with van der Waals surface area (Å²) >= 11 is 0. The van der Waals surface area contributed by atoms with Crippen LogP contribution in [0.25, 0.3) is 0 Å². The molecule has 2 aliphatic rings. The minimum absolute atomic E-state index is 0.0111. The maximum Gasteiger partial charge on any atom is 0.407 e. The van der Waals surface area contributed by atoms with Crippen molar-refractivity contribution in [2.24, 2.45) is 5.10 Å². The van der Waals surface area contributed by atoms with Crippen LogP contribution < -0.4 is 9.47 Å². The van der Waals surface area contributed by atoms with E-state index >= 15 is 0 Å². The molecule has 1 fully saturated rings. The quantitative estimate of drug-likeness (QED) is 0.887. The number of amides is 2. The van der Waals surface area contributed by atoms with Crippen LogP contribution in [0.3, 0.4) is 0 Å². The van der Waals surface area contributed by atoms with Gasteiger partial charge in [-0.3, -0.25) is 4.79 Å². The number of hydrogen-bond donors (Lipinski definition) is 1. The molecule has 0 saturated carbocycles. The molecule has 0 aromatic heterocycles. The van der Waals surface area contributed by atoms with E-state index in [2.05, 4.69) is 5.10 Å². The van der Waals surface area contributed by atoms with Gasteiger partial charge in [-0.05, 0) is 31.0 Å². The van der Waals surface area contributed by atoms with Gasteiger partial charge in [0, 0.05) is 31.5 Å². The van der Waals surface area contributed by atoms with Crippen LogP contribution in [0.5, 0.6) is 11.5 Å². The highest BCUT2D eigenvalue weighted by atomic mass is 16.5. The van der Waals surface area contributed by atoms with Crippen LogP contribution >= 0.6 is 0 Å². The van der Waals surface area contributed by atoms with Gasteiger partial charge in [-0.2, -0.15) is 5.10 Å². The van der Waals surface area contributed by atoms with Gasteiger partial charge in [-0.15, -0.1) is 0 Å². The molecule has 0 aliphatic carbocycles. The van der Waals surface area contributed by atoms with E-state index < -0.39 is 6.09 Å². The third-order valence-corrected chi connectivity index (χ3v) is 4.86. The molecule has 26 heavy (non-hydrogen) atoms. The van der Waals surface area contributed by atoms with Gasteiger partial charge in [-0.1, -0.05) is 0 Å². The van der Waals surface area contributed by atoms with Gasteiger partial charge in [0.25, 0.3) is 0 Å². The molecule has 2 heterocycles. The molecule has 0 bridgehead atoms. The summed E-state index contributed by atoms with van der Waals surface area (Å²) in [6.07, 6.45) is 1.25. The lowest BCUT2D eigenvalue weighted by Gasteiger charge is -2.36. The third-order valence-electron chi connectivity index (χ3n) is 4.86. The summed E-state index contributed by atoms with van der Waals surface area (Å²) in [5.41, 5.74) is 1.72. The summed E-state index contributed by atoms with van der Waals surface area (Å²) in [6.45, 7) is 0.843. The Bertz CT molecular complexity index is 726. The number of likely N-dealkylation sites (tertiary alicyclic amines) is 1. The lowest BCUT2D eigenvalue weighted by Crippen LogP contribution is -2.48. The Morgan fingerprint density at radius 2 is 1.85 bits per heavy atom. The van der Waals surface area contributed by atoms with Crippen LogP contribution in [-0.4, -0.2) is 66.1 Å². The van der Waals surface area contributed by atoms with Gasteiger partial charge in [0.1, 0.15) is 0 Å². The minimum Gasteiger partial charge on any atom is -0.493 e. The highest BCUT2D eigenvalue weighted by Gasteiger charge is 2.32.